The van der Waals surface area contributed by atoms with Crippen molar-refractivity contribution in [2.75, 3.05) is 62.7 Å². The van der Waals surface area contributed by atoms with E-state index in [0.29, 0.717) is 31.2 Å². The van der Waals surface area contributed by atoms with E-state index < -0.39 is 31.4 Å². The highest BCUT2D eigenvalue weighted by molar-refractivity contribution is 7.90. The minimum absolute atomic E-state index is 0.0229. The molecule has 3 N–H and O–H groups in total. The fourth-order valence-electron chi connectivity index (χ4n) is 9.28. The summed E-state index contributed by atoms with van der Waals surface area (Å²) in [5, 5.41) is 16.7. The molecule has 0 unspecified atom stereocenters. The van der Waals surface area contributed by atoms with Gasteiger partial charge < -0.3 is 24.7 Å². The molecule has 3 aromatic carbocycles. The second-order valence-corrected chi connectivity index (χ2v) is 18.9. The lowest BCUT2D eigenvalue weighted by molar-refractivity contribution is -0.384. The van der Waals surface area contributed by atoms with E-state index in [0.717, 1.165) is 87.0 Å². The van der Waals surface area contributed by atoms with Crippen LogP contribution in [0.4, 0.5) is 17.1 Å². The number of H-pyrrole nitrogens is 1. The lowest BCUT2D eigenvalue weighted by Gasteiger charge is -2.49. The summed E-state index contributed by atoms with van der Waals surface area (Å²) in [5.41, 5.74) is 5.68. The normalized spacial score (nSPS) is 18.3. The van der Waals surface area contributed by atoms with Crippen molar-refractivity contribution < 1.29 is 27.6 Å². The summed E-state index contributed by atoms with van der Waals surface area (Å²) >= 11 is 6.20. The number of hydrogen-bond donors (Lipinski definition) is 3. The van der Waals surface area contributed by atoms with Crippen LogP contribution in [0.25, 0.3) is 16.6 Å². The first-order valence-electron chi connectivity index (χ1n) is 20.9. The number of aromatic nitrogens is 2. The predicted octanol–water partition coefficient (Wildman–Crippen LogP) is 8.41. The van der Waals surface area contributed by atoms with E-state index in [4.69, 9.17) is 21.1 Å². The van der Waals surface area contributed by atoms with Gasteiger partial charge in [-0.15, -0.1) is 0 Å². The number of halogens is 1. The molecule has 0 saturated carbocycles. The standard InChI is InChI=1S/C45H48ClN7O7S/c46-34-7-5-31(6-8-34)38-4-2-1-3-33(38)26-51-18-16-45(27-51)28-52(29-45)35-9-11-39(42(22-35)60-36-21-32-13-17-47-43(32)49-25-36)44(54)50-61(57,58)37-10-12-40(41(23-37)53(55)56)48-24-30-14-19-59-20-15-30/h5-13,17,21-23,25,30,48H,1-4,14-16,18-20,24,26-29H2,(H,47,49)(H,50,54). The third kappa shape index (κ3) is 8.96. The number of likely N-dealkylation sites (tertiary alicyclic amines) is 1. The molecule has 1 spiro atoms. The number of nitrogens with one attached hydrogen (secondary N) is 3. The van der Waals surface area contributed by atoms with Crippen LogP contribution in [0, 0.1) is 21.4 Å². The number of hydrogen-bond acceptors (Lipinski definition) is 11. The van der Waals surface area contributed by atoms with Gasteiger partial charge in [0.15, 0.2) is 0 Å². The predicted molar refractivity (Wildman–Crippen MR) is 235 cm³/mol. The van der Waals surface area contributed by atoms with Crippen LogP contribution in [0.1, 0.15) is 60.9 Å². The van der Waals surface area contributed by atoms with E-state index in [-0.39, 0.29) is 28.3 Å². The van der Waals surface area contributed by atoms with Gasteiger partial charge in [0.2, 0.25) is 0 Å². The number of allylic oxidation sites excluding steroid dienone is 1. The van der Waals surface area contributed by atoms with Gasteiger partial charge in [-0.1, -0.05) is 29.3 Å². The van der Waals surface area contributed by atoms with E-state index in [2.05, 4.69) is 41.9 Å². The van der Waals surface area contributed by atoms with E-state index in [1.165, 1.54) is 47.9 Å². The maximum absolute atomic E-state index is 13.9. The van der Waals surface area contributed by atoms with Gasteiger partial charge in [-0.3, -0.25) is 19.8 Å². The molecule has 3 fully saturated rings. The lowest BCUT2D eigenvalue weighted by atomic mass is 9.78. The highest BCUT2D eigenvalue weighted by Crippen LogP contribution is 2.44. The average Bonchev–Trinajstić information content (AvgIpc) is 3.90. The molecule has 2 aromatic heterocycles. The summed E-state index contributed by atoms with van der Waals surface area (Å²) in [7, 11) is -4.54. The molecule has 0 radical (unpaired) electrons. The minimum atomic E-state index is -4.54. The molecule has 1 amide bonds. The number of rotatable bonds is 13. The first kappa shape index (κ1) is 40.9. The van der Waals surface area contributed by atoms with Crippen LogP contribution in [0.5, 0.6) is 11.5 Å². The molecule has 5 aromatic rings. The Labute approximate surface area is 359 Å². The maximum Gasteiger partial charge on any atom is 0.293 e. The SMILES string of the molecule is O=C(NS(=O)(=O)c1ccc(NCC2CCOCC2)c([N+](=O)[O-])c1)c1ccc(N2CC3(CCN(CC4=C(c5ccc(Cl)cc5)CCCC4)C3)C2)cc1Oc1cnc2[nH]ccc2c1. The molecular weight excluding hydrogens is 818 g/mol. The van der Waals surface area contributed by atoms with Gasteiger partial charge in [0.1, 0.15) is 22.8 Å². The third-order valence-electron chi connectivity index (χ3n) is 12.6. The van der Waals surface area contributed by atoms with E-state index >= 15 is 0 Å². The van der Waals surface area contributed by atoms with Gasteiger partial charge in [0.05, 0.1) is 21.6 Å². The van der Waals surface area contributed by atoms with Crippen LogP contribution < -0.4 is 19.7 Å². The van der Waals surface area contributed by atoms with Gasteiger partial charge in [-0.2, -0.15) is 0 Å². The van der Waals surface area contributed by atoms with Gasteiger partial charge in [0.25, 0.3) is 21.6 Å². The molecule has 16 heteroatoms. The number of aromatic amines is 1. The van der Waals surface area contributed by atoms with E-state index in [9.17, 15) is 23.3 Å². The summed E-state index contributed by atoms with van der Waals surface area (Å²) in [6.07, 6.45) is 10.7. The molecule has 3 saturated heterocycles. The molecule has 14 nitrogen and oxygen atoms in total. The Bertz CT molecular complexity index is 2600. The van der Waals surface area contributed by atoms with E-state index in [1.54, 1.807) is 30.5 Å². The fourth-order valence-corrected chi connectivity index (χ4v) is 10.4. The fraction of sp³-hybridized carbons (Fsp3) is 0.378. The Balaban J connectivity index is 0.915. The number of ether oxygens (including phenoxy) is 2. The minimum Gasteiger partial charge on any atom is -0.455 e. The number of benzene rings is 3. The van der Waals surface area contributed by atoms with Gasteiger partial charge in [-0.25, -0.2) is 18.1 Å². The Morgan fingerprint density at radius 1 is 1.02 bits per heavy atom. The monoisotopic (exact) mass is 865 g/mol. The molecule has 0 atom stereocenters. The first-order valence-corrected chi connectivity index (χ1v) is 22.7. The van der Waals surface area contributed by atoms with Crippen molar-refractivity contribution in [1.29, 1.82) is 0 Å². The van der Waals surface area contributed by atoms with Crippen molar-refractivity contribution in [2.45, 2.75) is 49.8 Å². The molecule has 3 aliphatic heterocycles. The maximum atomic E-state index is 13.9. The Morgan fingerprint density at radius 2 is 1.82 bits per heavy atom. The second kappa shape index (κ2) is 17.1. The zero-order valence-corrected chi connectivity index (χ0v) is 35.3. The topological polar surface area (TPSA) is 172 Å². The molecule has 318 valence electrons. The molecule has 1 aliphatic carbocycles. The van der Waals surface area contributed by atoms with Crippen LogP contribution in [0.2, 0.25) is 5.02 Å². The average molecular weight is 866 g/mol. The van der Waals surface area contributed by atoms with Crippen molar-refractivity contribution >= 4 is 61.2 Å². The van der Waals surface area contributed by atoms with Crippen LogP contribution in [0.3, 0.4) is 0 Å². The zero-order valence-electron chi connectivity index (χ0n) is 33.7. The number of nitro groups is 1. The van der Waals surface area contributed by atoms with Crippen LogP contribution >= 0.6 is 11.6 Å². The number of carbonyl (C=O) groups is 1. The number of pyridine rings is 1. The van der Waals surface area contributed by atoms with Crippen molar-refractivity contribution in [3.8, 4) is 11.5 Å². The molecule has 5 heterocycles. The highest BCUT2D eigenvalue weighted by Gasteiger charge is 2.48. The van der Waals surface area contributed by atoms with Crippen molar-refractivity contribution in [1.82, 2.24) is 19.6 Å². The van der Waals surface area contributed by atoms with Crippen molar-refractivity contribution in [2.24, 2.45) is 11.3 Å². The quantitative estimate of drug-likeness (QED) is 0.0767. The number of nitrogens with zero attached hydrogens (tertiary/aromatic N) is 4. The first-order chi connectivity index (χ1) is 29.5. The summed E-state index contributed by atoms with van der Waals surface area (Å²) < 4.78 is 41.2. The highest BCUT2D eigenvalue weighted by atomic mass is 35.5. The number of nitro benzene ring substituents is 1. The number of sulfonamides is 1. The summed E-state index contributed by atoms with van der Waals surface area (Å²) in [6, 6.07) is 20.6. The largest absolute Gasteiger partial charge is 0.455 e. The number of anilines is 2. The van der Waals surface area contributed by atoms with Gasteiger partial charge >= 0.3 is 0 Å². The van der Waals surface area contributed by atoms with Gasteiger partial charge in [0, 0.05) is 85.8 Å². The molecular formula is C45H48ClN7O7S. The third-order valence-corrected chi connectivity index (χ3v) is 14.1. The lowest BCUT2D eigenvalue weighted by Crippen LogP contribution is -2.57. The summed E-state index contributed by atoms with van der Waals surface area (Å²) in [4.78, 5) is 37.2. The number of fused-ring (bicyclic) bond motifs is 1. The Morgan fingerprint density at radius 3 is 2.62 bits per heavy atom. The molecule has 9 rings (SSSR count). The number of carbonyl (C=O) groups excluding carboxylic acids is 1. The van der Waals surface area contributed by atoms with Crippen molar-refractivity contribution in [3.63, 3.8) is 0 Å². The second-order valence-electron chi connectivity index (χ2n) is 16.8. The Kier molecular flexibility index (Phi) is 11.5. The molecule has 4 aliphatic rings. The zero-order chi connectivity index (χ0) is 42.1. The number of amides is 1. The van der Waals surface area contributed by atoms with Crippen LogP contribution in [-0.2, 0) is 14.8 Å². The summed E-state index contributed by atoms with van der Waals surface area (Å²) in [5.74, 6) is -0.154. The van der Waals surface area contributed by atoms with Crippen molar-refractivity contribution in [3.05, 3.63) is 117 Å². The Hall–Kier alpha value is -5.48. The smallest absolute Gasteiger partial charge is 0.293 e. The molecule has 0 bridgehead atoms. The van der Waals surface area contributed by atoms with Crippen LogP contribution in [-0.4, -0.2) is 86.6 Å². The summed E-state index contributed by atoms with van der Waals surface area (Å²) in [6.45, 7) is 6.41. The van der Waals surface area contributed by atoms with Gasteiger partial charge in [-0.05, 0) is 117 Å². The van der Waals surface area contributed by atoms with E-state index in [1.807, 2.05) is 18.2 Å². The van der Waals surface area contributed by atoms with Crippen LogP contribution in [0.15, 0.2) is 95.7 Å². The molecule has 61 heavy (non-hydrogen) atoms.